The Bertz CT molecular complexity index is 2120. The average Bonchev–Trinajstić information content (AvgIpc) is 3.07. The maximum Gasteiger partial charge on any atom is 0.338 e. The molecule has 0 fully saturated rings. The molecule has 0 radical (unpaired) electrons. The van der Waals surface area contributed by atoms with Gasteiger partial charge in [-0.05, 0) is 80.1 Å². The van der Waals surface area contributed by atoms with Crippen LogP contribution >= 0.6 is 0 Å². The minimum atomic E-state index is -0.367. The zero-order valence-corrected chi connectivity index (χ0v) is 24.8. The van der Waals surface area contributed by atoms with Crippen LogP contribution in [0, 0.1) is 6.92 Å². The Labute approximate surface area is 260 Å². The molecule has 0 aromatic heterocycles. The van der Waals surface area contributed by atoms with Gasteiger partial charge in [-0.3, -0.25) is 4.99 Å². The fourth-order valence-corrected chi connectivity index (χ4v) is 4.91. The van der Waals surface area contributed by atoms with Crippen molar-refractivity contribution < 1.29 is 14.6 Å². The number of phenolic OH excluding ortho intramolecular Hbond substituents is 1. The van der Waals surface area contributed by atoms with Crippen molar-refractivity contribution in [2.75, 3.05) is 6.61 Å². The maximum atomic E-state index is 11.9. The molecule has 1 N–H and O–H groups in total. The topological polar surface area (TPSA) is 108 Å². The van der Waals surface area contributed by atoms with E-state index in [4.69, 9.17) is 4.74 Å². The third-order valence-corrected chi connectivity index (χ3v) is 7.20. The fourth-order valence-electron chi connectivity index (χ4n) is 4.91. The summed E-state index contributed by atoms with van der Waals surface area (Å²) in [5, 5.41) is 32.0. The Morgan fingerprint density at radius 1 is 0.667 bits per heavy atom. The molecule has 6 aromatic carbocycles. The molecular formula is C37H29N5O3. The predicted molar refractivity (Wildman–Crippen MR) is 179 cm³/mol. The summed E-state index contributed by atoms with van der Waals surface area (Å²) in [6, 6.07) is 35.6. The number of benzene rings is 6. The first-order chi connectivity index (χ1) is 22.0. The standard InChI is InChI=1S/C37H29N5O3/c1-3-45-37(44)25-14-16-27(17-15-25)39-40-33-20-21-35(31-11-7-6-10-30(31)33)42-41-34-19-18-32(28-8-4-5-9-29(28)34)38-23-26-13-12-24(2)22-36(26)43/h4-23,43H,3H2,1-2H3/b38-23+,40-39+,42-41+. The molecule has 6 rings (SSSR count). The van der Waals surface area contributed by atoms with Crippen LogP contribution in [0.2, 0.25) is 0 Å². The van der Waals surface area contributed by atoms with E-state index < -0.39 is 0 Å². The van der Waals surface area contributed by atoms with E-state index in [1.54, 1.807) is 43.5 Å². The van der Waals surface area contributed by atoms with E-state index in [-0.39, 0.29) is 11.7 Å². The van der Waals surface area contributed by atoms with Crippen molar-refractivity contribution >= 4 is 62.2 Å². The van der Waals surface area contributed by atoms with Crippen LogP contribution < -0.4 is 0 Å². The third-order valence-electron chi connectivity index (χ3n) is 7.20. The van der Waals surface area contributed by atoms with Gasteiger partial charge >= 0.3 is 5.97 Å². The van der Waals surface area contributed by atoms with Crippen LogP contribution in [0.5, 0.6) is 5.75 Å². The van der Waals surface area contributed by atoms with Gasteiger partial charge < -0.3 is 9.84 Å². The molecule has 45 heavy (non-hydrogen) atoms. The molecule has 0 unspecified atom stereocenters. The van der Waals surface area contributed by atoms with Crippen LogP contribution in [-0.4, -0.2) is 23.9 Å². The number of hydrogen-bond donors (Lipinski definition) is 1. The summed E-state index contributed by atoms with van der Waals surface area (Å²) >= 11 is 0. The van der Waals surface area contributed by atoms with Gasteiger partial charge in [0.1, 0.15) is 5.75 Å². The second-order valence-electron chi connectivity index (χ2n) is 10.3. The second kappa shape index (κ2) is 13.1. The van der Waals surface area contributed by atoms with Crippen LogP contribution in [0.25, 0.3) is 21.5 Å². The van der Waals surface area contributed by atoms with Crippen molar-refractivity contribution in [2.24, 2.45) is 25.4 Å². The van der Waals surface area contributed by atoms with Crippen molar-refractivity contribution in [3.8, 4) is 5.75 Å². The fraction of sp³-hybridized carbons (Fsp3) is 0.0811. The van der Waals surface area contributed by atoms with Crippen molar-refractivity contribution in [3.05, 3.63) is 132 Å². The van der Waals surface area contributed by atoms with Crippen molar-refractivity contribution in [1.82, 2.24) is 0 Å². The average molecular weight is 592 g/mol. The van der Waals surface area contributed by atoms with E-state index in [9.17, 15) is 9.90 Å². The van der Waals surface area contributed by atoms with Crippen molar-refractivity contribution in [3.63, 3.8) is 0 Å². The number of carbonyl (C=O) groups is 1. The van der Waals surface area contributed by atoms with Crippen LogP contribution in [0.15, 0.2) is 141 Å². The van der Waals surface area contributed by atoms with Crippen LogP contribution in [0.4, 0.5) is 28.4 Å². The number of phenols is 1. The van der Waals surface area contributed by atoms with E-state index in [1.807, 2.05) is 91.9 Å². The summed E-state index contributed by atoms with van der Waals surface area (Å²) in [5.41, 5.74) is 5.57. The largest absolute Gasteiger partial charge is 0.507 e. The summed E-state index contributed by atoms with van der Waals surface area (Å²) in [6.45, 7) is 4.03. The first-order valence-corrected chi connectivity index (χ1v) is 14.5. The van der Waals surface area contributed by atoms with Crippen LogP contribution in [0.3, 0.4) is 0 Å². The maximum absolute atomic E-state index is 11.9. The first-order valence-electron chi connectivity index (χ1n) is 14.5. The molecule has 6 aromatic rings. The lowest BCUT2D eigenvalue weighted by molar-refractivity contribution is 0.0526. The normalized spacial score (nSPS) is 11.8. The molecule has 0 aliphatic carbocycles. The Morgan fingerprint density at radius 3 is 1.71 bits per heavy atom. The van der Waals surface area contributed by atoms with Gasteiger partial charge in [0.2, 0.25) is 0 Å². The summed E-state index contributed by atoms with van der Waals surface area (Å²) in [4.78, 5) is 16.6. The summed E-state index contributed by atoms with van der Waals surface area (Å²) in [5.74, 6) is -0.175. The quantitative estimate of drug-likeness (QED) is 0.108. The van der Waals surface area contributed by atoms with Gasteiger partial charge in [-0.15, -0.1) is 15.3 Å². The van der Waals surface area contributed by atoms with Gasteiger partial charge in [-0.1, -0.05) is 54.6 Å². The lowest BCUT2D eigenvalue weighted by Gasteiger charge is -2.07. The number of carbonyl (C=O) groups excluding carboxylic acids is 1. The molecule has 0 aliphatic rings. The lowest BCUT2D eigenvalue weighted by Crippen LogP contribution is -2.03. The smallest absolute Gasteiger partial charge is 0.338 e. The summed E-state index contributed by atoms with van der Waals surface area (Å²) in [6.07, 6.45) is 1.67. The summed E-state index contributed by atoms with van der Waals surface area (Å²) < 4.78 is 5.04. The molecule has 220 valence electrons. The Hall–Kier alpha value is -6.02. The number of aromatic hydroxyl groups is 1. The molecule has 0 saturated heterocycles. The van der Waals surface area contributed by atoms with E-state index in [1.165, 1.54) is 0 Å². The van der Waals surface area contributed by atoms with Gasteiger partial charge in [0.25, 0.3) is 0 Å². The van der Waals surface area contributed by atoms with Gasteiger partial charge in [-0.2, -0.15) is 5.11 Å². The Morgan fingerprint density at radius 2 is 1.18 bits per heavy atom. The number of aryl methyl sites for hydroxylation is 1. The minimum absolute atomic E-state index is 0.192. The van der Waals surface area contributed by atoms with Gasteiger partial charge in [-0.25, -0.2) is 4.79 Å². The van der Waals surface area contributed by atoms with Gasteiger partial charge in [0.15, 0.2) is 0 Å². The highest BCUT2D eigenvalue weighted by Gasteiger charge is 2.09. The SMILES string of the molecule is CCOC(=O)c1ccc(/N=N/c2ccc(/N=N/c3ccc(/N=C/c4ccc(C)cc4O)c4ccccc34)c3ccccc23)cc1. The minimum Gasteiger partial charge on any atom is -0.507 e. The predicted octanol–water partition coefficient (Wildman–Crippen LogP) is 10.8. The third kappa shape index (κ3) is 6.50. The Kier molecular flexibility index (Phi) is 8.46. The molecule has 0 spiro atoms. The summed E-state index contributed by atoms with van der Waals surface area (Å²) in [7, 11) is 0. The number of nitrogens with zero attached hydrogens (tertiary/aromatic N) is 5. The van der Waals surface area contributed by atoms with Crippen molar-refractivity contribution in [1.29, 1.82) is 0 Å². The molecule has 0 heterocycles. The number of ether oxygens (including phenoxy) is 1. The highest BCUT2D eigenvalue weighted by molar-refractivity contribution is 6.02. The van der Waals surface area contributed by atoms with E-state index in [2.05, 4.69) is 25.4 Å². The lowest BCUT2D eigenvalue weighted by atomic mass is 10.1. The number of hydrogen-bond acceptors (Lipinski definition) is 8. The van der Waals surface area contributed by atoms with E-state index in [0.29, 0.717) is 40.5 Å². The zero-order chi connectivity index (χ0) is 31.2. The van der Waals surface area contributed by atoms with E-state index in [0.717, 1.165) is 32.8 Å². The number of azo groups is 2. The highest BCUT2D eigenvalue weighted by Crippen LogP contribution is 2.38. The second-order valence-corrected chi connectivity index (χ2v) is 10.3. The number of aliphatic imine (C=N–C) groups is 1. The molecule has 8 nitrogen and oxygen atoms in total. The Balaban J connectivity index is 1.28. The van der Waals surface area contributed by atoms with E-state index >= 15 is 0 Å². The zero-order valence-electron chi connectivity index (χ0n) is 24.8. The molecular weight excluding hydrogens is 562 g/mol. The first kappa shape index (κ1) is 29.1. The molecule has 0 atom stereocenters. The van der Waals surface area contributed by atoms with Gasteiger partial charge in [0, 0.05) is 33.3 Å². The highest BCUT2D eigenvalue weighted by atomic mass is 16.5. The molecule has 0 saturated carbocycles. The molecule has 0 aliphatic heterocycles. The molecule has 0 amide bonds. The molecule has 0 bridgehead atoms. The number of rotatable bonds is 8. The monoisotopic (exact) mass is 591 g/mol. The van der Waals surface area contributed by atoms with Crippen LogP contribution in [-0.2, 0) is 4.74 Å². The number of esters is 1. The van der Waals surface area contributed by atoms with Crippen molar-refractivity contribution in [2.45, 2.75) is 13.8 Å². The van der Waals surface area contributed by atoms with Crippen LogP contribution in [0.1, 0.15) is 28.4 Å². The van der Waals surface area contributed by atoms with Gasteiger partial charge in [0.05, 0.1) is 40.6 Å². The molecule has 8 heteroatoms. The number of fused-ring (bicyclic) bond motifs is 2.